The van der Waals surface area contributed by atoms with Crippen LogP contribution in [0, 0.1) is 5.92 Å². The number of aliphatic carboxylic acids is 1. The summed E-state index contributed by atoms with van der Waals surface area (Å²) < 4.78 is 25.7. The molecular weight excluding hydrogens is 378 g/mol. The lowest BCUT2D eigenvalue weighted by Gasteiger charge is -2.22. The van der Waals surface area contributed by atoms with E-state index in [9.17, 15) is 23.1 Å². The molecule has 0 unspecified atom stereocenters. The zero-order valence-electron chi connectivity index (χ0n) is 15.0. The lowest BCUT2D eigenvalue weighted by atomic mass is 9.86. The average molecular weight is 397 g/mol. The van der Waals surface area contributed by atoms with Gasteiger partial charge in [-0.25, -0.2) is 13.2 Å². The van der Waals surface area contributed by atoms with E-state index in [0.717, 1.165) is 0 Å². The first-order chi connectivity index (χ1) is 13.4. The Morgan fingerprint density at radius 2 is 1.71 bits per heavy atom. The van der Waals surface area contributed by atoms with E-state index in [1.54, 1.807) is 36.4 Å². The van der Waals surface area contributed by atoms with E-state index in [4.69, 9.17) is 0 Å². The molecule has 4 rings (SSSR count). The van der Waals surface area contributed by atoms with E-state index >= 15 is 0 Å². The third kappa shape index (κ3) is 3.22. The first-order valence-corrected chi connectivity index (χ1v) is 10.6. The highest BCUT2D eigenvalue weighted by atomic mass is 32.2. The second-order valence-corrected chi connectivity index (χ2v) is 8.98. The highest BCUT2D eigenvalue weighted by Gasteiger charge is 2.30. The lowest BCUT2D eigenvalue weighted by molar-refractivity contribution is -0.130. The summed E-state index contributed by atoms with van der Waals surface area (Å²) in [6.07, 6.45) is 3.91. The van der Waals surface area contributed by atoms with Crippen LogP contribution < -0.4 is 5.32 Å². The zero-order valence-corrected chi connectivity index (χ0v) is 15.8. The van der Waals surface area contributed by atoms with Gasteiger partial charge < -0.3 is 10.4 Å². The van der Waals surface area contributed by atoms with E-state index in [0.29, 0.717) is 42.6 Å². The number of carboxylic acid groups (broad SMARTS) is 1. The molecule has 7 heteroatoms. The van der Waals surface area contributed by atoms with Crippen molar-refractivity contribution in [3.63, 3.8) is 0 Å². The molecule has 0 atom stereocenters. The summed E-state index contributed by atoms with van der Waals surface area (Å²) in [5.41, 5.74) is 1.39. The number of fused-ring (bicyclic) bond motifs is 2. The molecule has 1 aliphatic carbocycles. The van der Waals surface area contributed by atoms with Gasteiger partial charge >= 0.3 is 5.97 Å². The van der Waals surface area contributed by atoms with Crippen LogP contribution in [0.4, 0.5) is 11.4 Å². The lowest BCUT2D eigenvalue weighted by Crippen LogP contribution is -2.15. The second-order valence-electron chi connectivity index (χ2n) is 7.10. The number of para-hydroxylation sites is 1. The smallest absolute Gasteiger partial charge is 0.335 e. The van der Waals surface area contributed by atoms with Crippen LogP contribution >= 0.6 is 0 Å². The van der Waals surface area contributed by atoms with Crippen LogP contribution in [0.15, 0.2) is 58.3 Å². The van der Waals surface area contributed by atoms with E-state index in [2.05, 4.69) is 5.32 Å². The highest BCUT2D eigenvalue weighted by molar-refractivity contribution is 7.92. The number of ketones is 1. The van der Waals surface area contributed by atoms with Crippen LogP contribution in [0.1, 0.15) is 31.2 Å². The Bertz CT molecular complexity index is 1110. The monoisotopic (exact) mass is 397 g/mol. The Morgan fingerprint density at radius 1 is 1.04 bits per heavy atom. The fourth-order valence-electron chi connectivity index (χ4n) is 3.75. The molecule has 1 saturated carbocycles. The Labute approximate surface area is 162 Å². The minimum Gasteiger partial charge on any atom is -0.478 e. The van der Waals surface area contributed by atoms with Gasteiger partial charge in [-0.2, -0.15) is 0 Å². The molecule has 2 aliphatic rings. The molecule has 0 spiro atoms. The van der Waals surface area contributed by atoms with Gasteiger partial charge in [-0.05, 0) is 48.6 Å². The van der Waals surface area contributed by atoms with Crippen molar-refractivity contribution in [2.75, 3.05) is 5.32 Å². The second kappa shape index (κ2) is 6.91. The van der Waals surface area contributed by atoms with Crippen molar-refractivity contribution >= 4 is 38.5 Å². The molecule has 1 aliphatic heterocycles. The normalized spacial score (nSPS) is 18.7. The number of Topliss-reactive ketones (excluding diaryl/α,β-unsaturated/α-hetero) is 1. The van der Waals surface area contributed by atoms with E-state index in [1.807, 2.05) is 0 Å². The van der Waals surface area contributed by atoms with Gasteiger partial charge in [0.05, 0.1) is 26.7 Å². The molecule has 2 aromatic rings. The van der Waals surface area contributed by atoms with Crippen LogP contribution in [-0.4, -0.2) is 25.3 Å². The van der Waals surface area contributed by atoms with Crippen LogP contribution in [0.3, 0.4) is 0 Å². The number of hydrogen-bond acceptors (Lipinski definition) is 5. The topological polar surface area (TPSA) is 101 Å². The SMILES string of the molecule is O=C1CCC(/C=C(/C(=O)O)c2ccc3c(c2)Nc2ccccc2S3(=O)=O)CC1. The van der Waals surface area contributed by atoms with Crippen LogP contribution in [0.25, 0.3) is 5.57 Å². The molecule has 0 bridgehead atoms. The van der Waals surface area contributed by atoms with Gasteiger partial charge in [0, 0.05) is 12.8 Å². The molecule has 144 valence electrons. The highest BCUT2D eigenvalue weighted by Crippen LogP contribution is 2.40. The zero-order chi connectivity index (χ0) is 19.9. The number of hydrogen-bond donors (Lipinski definition) is 2. The number of anilines is 2. The van der Waals surface area contributed by atoms with Gasteiger partial charge in [0.1, 0.15) is 5.78 Å². The van der Waals surface area contributed by atoms with Crippen molar-refractivity contribution in [2.45, 2.75) is 35.5 Å². The number of carboxylic acids is 1. The largest absolute Gasteiger partial charge is 0.478 e. The van der Waals surface area contributed by atoms with Crippen molar-refractivity contribution in [3.8, 4) is 0 Å². The number of carbonyl (C=O) groups is 2. The molecule has 1 heterocycles. The quantitative estimate of drug-likeness (QED) is 0.652. The van der Waals surface area contributed by atoms with Gasteiger partial charge in [0.25, 0.3) is 0 Å². The third-order valence-electron chi connectivity index (χ3n) is 5.25. The minimum absolute atomic E-state index is 0.0252. The fraction of sp³-hybridized carbons (Fsp3) is 0.238. The predicted octanol–water partition coefficient (Wildman–Crippen LogP) is 3.80. The van der Waals surface area contributed by atoms with E-state index in [1.165, 1.54) is 12.1 Å². The number of carbonyl (C=O) groups excluding carboxylic acids is 1. The van der Waals surface area contributed by atoms with Crippen molar-refractivity contribution in [3.05, 3.63) is 54.1 Å². The number of benzene rings is 2. The summed E-state index contributed by atoms with van der Waals surface area (Å²) in [4.78, 5) is 23.6. The number of rotatable bonds is 3. The molecule has 2 N–H and O–H groups in total. The molecular formula is C21H19NO5S. The van der Waals surface area contributed by atoms with E-state index < -0.39 is 15.8 Å². The maximum atomic E-state index is 12.9. The maximum absolute atomic E-state index is 12.9. The first-order valence-electron chi connectivity index (χ1n) is 9.08. The standard InChI is InChI=1S/C21H19NO5S/c23-15-8-5-13(6-9-15)11-16(21(24)25)14-7-10-20-18(12-14)22-17-3-1-2-4-19(17)28(20,26)27/h1-4,7,10-13,22H,5-6,8-9H2,(H,24,25)/b16-11+. The Hall–Kier alpha value is -2.93. The summed E-state index contributed by atoms with van der Waals surface area (Å²) in [6.45, 7) is 0. The van der Waals surface area contributed by atoms with Crippen LogP contribution in [0.2, 0.25) is 0 Å². The summed E-state index contributed by atoms with van der Waals surface area (Å²) in [6, 6.07) is 11.2. The van der Waals surface area contributed by atoms with Gasteiger partial charge in [0.15, 0.2) is 0 Å². The number of allylic oxidation sites excluding steroid dienone is 1. The summed E-state index contributed by atoms with van der Waals surface area (Å²) in [5.74, 6) is -0.837. The number of nitrogens with one attached hydrogen (secondary N) is 1. The first kappa shape index (κ1) is 18.4. The predicted molar refractivity (Wildman–Crippen MR) is 104 cm³/mol. The molecule has 28 heavy (non-hydrogen) atoms. The van der Waals surface area contributed by atoms with Gasteiger partial charge in [-0.1, -0.05) is 24.3 Å². The molecule has 0 aromatic heterocycles. The van der Waals surface area contributed by atoms with Crippen molar-refractivity contribution in [2.24, 2.45) is 5.92 Å². The van der Waals surface area contributed by atoms with Gasteiger partial charge in [-0.15, -0.1) is 0 Å². The summed E-state index contributed by atoms with van der Waals surface area (Å²) in [5, 5.41) is 12.8. The molecule has 6 nitrogen and oxygen atoms in total. The molecule has 0 amide bonds. The Balaban J connectivity index is 1.74. The van der Waals surface area contributed by atoms with Crippen LogP contribution in [-0.2, 0) is 19.4 Å². The Kier molecular flexibility index (Phi) is 4.55. The third-order valence-corrected chi connectivity index (χ3v) is 7.12. The molecule has 0 radical (unpaired) electrons. The van der Waals surface area contributed by atoms with Crippen molar-refractivity contribution in [1.82, 2.24) is 0 Å². The van der Waals surface area contributed by atoms with E-state index in [-0.39, 0.29) is 27.1 Å². The van der Waals surface area contributed by atoms with Crippen molar-refractivity contribution < 1.29 is 23.1 Å². The number of sulfone groups is 1. The van der Waals surface area contributed by atoms with Crippen molar-refractivity contribution in [1.29, 1.82) is 0 Å². The Morgan fingerprint density at radius 3 is 2.43 bits per heavy atom. The molecule has 0 saturated heterocycles. The minimum atomic E-state index is -3.66. The van der Waals surface area contributed by atoms with Gasteiger partial charge in [0.2, 0.25) is 9.84 Å². The fourth-order valence-corrected chi connectivity index (χ4v) is 5.30. The average Bonchev–Trinajstić information content (AvgIpc) is 2.67. The van der Waals surface area contributed by atoms with Crippen LogP contribution in [0.5, 0.6) is 0 Å². The molecule has 2 aromatic carbocycles. The molecule has 1 fully saturated rings. The maximum Gasteiger partial charge on any atom is 0.335 e. The van der Waals surface area contributed by atoms with Gasteiger partial charge in [-0.3, -0.25) is 4.79 Å². The summed E-state index contributed by atoms with van der Waals surface area (Å²) in [7, 11) is -3.66. The summed E-state index contributed by atoms with van der Waals surface area (Å²) >= 11 is 0.